The molecule has 0 aliphatic carbocycles. The lowest BCUT2D eigenvalue weighted by Gasteiger charge is -2.10. The van der Waals surface area contributed by atoms with Gasteiger partial charge in [-0.2, -0.15) is 9.78 Å². The van der Waals surface area contributed by atoms with E-state index in [4.69, 9.17) is 25.7 Å². The second-order valence-corrected chi connectivity index (χ2v) is 10.0. The van der Waals surface area contributed by atoms with Gasteiger partial charge in [-0.15, -0.1) is 0 Å². The largest absolute Gasteiger partial charge is 0.489 e. The molecule has 41 heavy (non-hydrogen) atoms. The molecule has 5 aromatic carbocycles. The summed E-state index contributed by atoms with van der Waals surface area (Å²) >= 11 is 6.18. The van der Waals surface area contributed by atoms with Crippen molar-refractivity contribution in [3.63, 3.8) is 0 Å². The summed E-state index contributed by atoms with van der Waals surface area (Å²) in [6.07, 6.45) is 1.62. The van der Waals surface area contributed by atoms with E-state index in [9.17, 15) is 4.79 Å². The molecule has 198 valence electrons. The van der Waals surface area contributed by atoms with Gasteiger partial charge in [0.15, 0.2) is 5.76 Å². The van der Waals surface area contributed by atoms with Crippen molar-refractivity contribution in [2.45, 2.75) is 6.61 Å². The number of benzene rings is 5. The van der Waals surface area contributed by atoms with E-state index in [-0.39, 0.29) is 5.56 Å². The lowest BCUT2D eigenvalue weighted by Crippen LogP contribution is -2.20. The topological polar surface area (TPSA) is 69.6 Å². The first-order valence-corrected chi connectivity index (χ1v) is 13.5. The van der Waals surface area contributed by atoms with Crippen molar-refractivity contribution in [1.29, 1.82) is 0 Å². The van der Waals surface area contributed by atoms with Crippen molar-refractivity contribution in [3.05, 3.63) is 142 Å². The Morgan fingerprint density at radius 3 is 2.56 bits per heavy atom. The third-order valence-corrected chi connectivity index (χ3v) is 7.14. The molecule has 0 N–H and O–H groups in total. The van der Waals surface area contributed by atoms with Crippen LogP contribution in [0.4, 0.5) is 0 Å². The van der Waals surface area contributed by atoms with Gasteiger partial charge in [-0.25, -0.2) is 4.98 Å². The van der Waals surface area contributed by atoms with Gasteiger partial charge in [0.05, 0.1) is 17.1 Å². The fourth-order valence-electron chi connectivity index (χ4n) is 4.90. The Labute approximate surface area is 239 Å². The standard InChI is InChI=1S/C34H22ClN3O3/c35-26-15-16-31-25(18-26)19-32(41-31)33-37-30-14-4-3-13-29(30)34(39)38(33)36-20-22-7-5-11-27(17-22)40-21-24-10-6-9-23-8-1-2-12-28(23)24/h1-20H,21H2. The third kappa shape index (κ3) is 4.86. The SMILES string of the molecule is O=c1c2ccccc2nc(-c2cc3cc(Cl)ccc3o2)n1N=Cc1cccc(OCc2cccc3ccccc23)c1. The highest BCUT2D eigenvalue weighted by atomic mass is 35.5. The van der Waals surface area contributed by atoms with E-state index in [0.717, 1.165) is 21.9 Å². The van der Waals surface area contributed by atoms with E-state index in [2.05, 4.69) is 29.4 Å². The van der Waals surface area contributed by atoms with Crippen LogP contribution in [0.1, 0.15) is 11.1 Å². The number of para-hydroxylation sites is 1. The molecule has 0 saturated carbocycles. The summed E-state index contributed by atoms with van der Waals surface area (Å²) < 4.78 is 13.5. The molecule has 2 heterocycles. The zero-order valence-electron chi connectivity index (χ0n) is 21.7. The summed E-state index contributed by atoms with van der Waals surface area (Å²) in [5.74, 6) is 1.40. The number of aromatic nitrogens is 2. The van der Waals surface area contributed by atoms with Crippen molar-refractivity contribution < 1.29 is 9.15 Å². The Morgan fingerprint density at radius 2 is 1.63 bits per heavy atom. The van der Waals surface area contributed by atoms with Gasteiger partial charge in [0.1, 0.15) is 17.9 Å². The van der Waals surface area contributed by atoms with Crippen LogP contribution in [0.2, 0.25) is 5.02 Å². The Hall–Kier alpha value is -5.20. The Balaban J connectivity index is 1.24. The van der Waals surface area contributed by atoms with Crippen molar-refractivity contribution in [3.8, 4) is 17.3 Å². The summed E-state index contributed by atoms with van der Waals surface area (Å²) in [6, 6.07) is 36.4. The Morgan fingerprint density at radius 1 is 0.829 bits per heavy atom. The number of hydrogen-bond acceptors (Lipinski definition) is 5. The number of halogens is 1. The minimum Gasteiger partial charge on any atom is -0.489 e. The summed E-state index contributed by atoms with van der Waals surface area (Å²) in [4.78, 5) is 18.3. The molecule has 0 unspecified atom stereocenters. The quantitative estimate of drug-likeness (QED) is 0.194. The number of ether oxygens (including phenoxy) is 1. The van der Waals surface area contributed by atoms with Crippen LogP contribution in [-0.4, -0.2) is 15.9 Å². The minimum atomic E-state index is -0.302. The number of furan rings is 1. The fourth-order valence-corrected chi connectivity index (χ4v) is 5.08. The third-order valence-electron chi connectivity index (χ3n) is 6.91. The van der Waals surface area contributed by atoms with E-state index in [1.807, 2.05) is 54.6 Å². The molecule has 7 aromatic rings. The molecule has 6 nitrogen and oxygen atoms in total. The van der Waals surface area contributed by atoms with Crippen LogP contribution in [0, 0.1) is 0 Å². The first-order chi connectivity index (χ1) is 20.1. The molecular weight excluding hydrogens is 534 g/mol. The van der Waals surface area contributed by atoms with Crippen molar-refractivity contribution in [1.82, 2.24) is 9.66 Å². The summed E-state index contributed by atoms with van der Waals surface area (Å²) in [5, 5.41) is 8.76. The normalized spacial score (nSPS) is 11.6. The van der Waals surface area contributed by atoms with E-state index in [0.29, 0.717) is 45.4 Å². The van der Waals surface area contributed by atoms with Crippen LogP contribution in [-0.2, 0) is 6.61 Å². The maximum atomic E-state index is 13.6. The van der Waals surface area contributed by atoms with Gasteiger partial charge in [0.2, 0.25) is 5.82 Å². The van der Waals surface area contributed by atoms with Gasteiger partial charge in [0.25, 0.3) is 5.56 Å². The van der Waals surface area contributed by atoms with Gasteiger partial charge < -0.3 is 9.15 Å². The summed E-state index contributed by atoms with van der Waals surface area (Å²) in [6.45, 7) is 0.427. The number of fused-ring (bicyclic) bond motifs is 3. The smallest absolute Gasteiger partial charge is 0.282 e. The van der Waals surface area contributed by atoms with Gasteiger partial charge in [0, 0.05) is 10.4 Å². The summed E-state index contributed by atoms with van der Waals surface area (Å²) in [7, 11) is 0. The lowest BCUT2D eigenvalue weighted by atomic mass is 10.1. The Kier molecular flexibility index (Phi) is 6.30. The second kappa shape index (κ2) is 10.4. The molecule has 0 saturated heterocycles. The van der Waals surface area contributed by atoms with Gasteiger partial charge in [-0.05, 0) is 70.4 Å². The molecule has 0 aliphatic rings. The second-order valence-electron chi connectivity index (χ2n) is 9.61. The van der Waals surface area contributed by atoms with Crippen molar-refractivity contribution in [2.75, 3.05) is 0 Å². The van der Waals surface area contributed by atoms with Crippen molar-refractivity contribution in [2.24, 2.45) is 5.10 Å². The van der Waals surface area contributed by atoms with E-state index >= 15 is 0 Å². The average molecular weight is 556 g/mol. The number of hydrogen-bond donors (Lipinski definition) is 0. The van der Waals surface area contributed by atoms with Gasteiger partial charge in [-0.3, -0.25) is 4.79 Å². The fraction of sp³-hybridized carbons (Fsp3) is 0.0294. The highest BCUT2D eigenvalue weighted by molar-refractivity contribution is 6.31. The first kappa shape index (κ1) is 24.8. The molecule has 0 spiro atoms. The Bertz CT molecular complexity index is 2160. The highest BCUT2D eigenvalue weighted by Crippen LogP contribution is 2.29. The zero-order valence-corrected chi connectivity index (χ0v) is 22.5. The predicted octanol–water partition coefficient (Wildman–Crippen LogP) is 8.08. The first-order valence-electron chi connectivity index (χ1n) is 13.1. The molecule has 7 heteroatoms. The van der Waals surface area contributed by atoms with Gasteiger partial charge >= 0.3 is 0 Å². The molecule has 2 aromatic heterocycles. The number of rotatable bonds is 6. The molecule has 0 bridgehead atoms. The molecule has 0 atom stereocenters. The molecule has 7 rings (SSSR count). The van der Waals surface area contributed by atoms with Crippen molar-refractivity contribution >= 4 is 50.5 Å². The maximum Gasteiger partial charge on any atom is 0.282 e. The molecule has 0 amide bonds. The van der Waals surface area contributed by atoms with E-state index in [1.54, 1.807) is 42.6 Å². The van der Waals surface area contributed by atoms with Crippen LogP contribution >= 0.6 is 11.6 Å². The van der Waals surface area contributed by atoms with Crippen LogP contribution in [0.3, 0.4) is 0 Å². The molecule has 0 fully saturated rings. The molecule has 0 aliphatic heterocycles. The average Bonchev–Trinajstić information content (AvgIpc) is 3.43. The highest BCUT2D eigenvalue weighted by Gasteiger charge is 2.16. The van der Waals surface area contributed by atoms with E-state index in [1.165, 1.54) is 10.1 Å². The molecular formula is C34H22ClN3O3. The zero-order chi connectivity index (χ0) is 27.8. The predicted molar refractivity (Wildman–Crippen MR) is 164 cm³/mol. The number of nitrogens with zero attached hydrogens (tertiary/aromatic N) is 3. The van der Waals surface area contributed by atoms with Gasteiger partial charge in [-0.1, -0.05) is 78.3 Å². The van der Waals surface area contributed by atoms with Crippen LogP contribution in [0.25, 0.3) is 44.2 Å². The lowest BCUT2D eigenvalue weighted by molar-refractivity contribution is 0.307. The van der Waals surface area contributed by atoms with Crippen LogP contribution in [0.5, 0.6) is 5.75 Å². The van der Waals surface area contributed by atoms with Crippen LogP contribution in [0.15, 0.2) is 130 Å². The summed E-state index contributed by atoms with van der Waals surface area (Å²) in [5.41, 5.74) is 2.76. The van der Waals surface area contributed by atoms with Crippen LogP contribution < -0.4 is 10.3 Å². The maximum absolute atomic E-state index is 13.6. The monoisotopic (exact) mass is 555 g/mol. The van der Waals surface area contributed by atoms with E-state index < -0.39 is 0 Å². The molecule has 0 radical (unpaired) electrons. The minimum absolute atomic E-state index is 0.292.